The van der Waals surface area contributed by atoms with Gasteiger partial charge in [-0.05, 0) is 96.3 Å². The highest BCUT2D eigenvalue weighted by Crippen LogP contribution is 2.16. The molecule has 1 amide bonds. The van der Waals surface area contributed by atoms with Gasteiger partial charge in [0.05, 0.1) is 18.8 Å². The van der Waals surface area contributed by atoms with E-state index in [0.717, 1.165) is 83.5 Å². The van der Waals surface area contributed by atoms with Crippen LogP contribution in [0.1, 0.15) is 284 Å². The van der Waals surface area contributed by atoms with E-state index in [-0.39, 0.29) is 12.5 Å². The van der Waals surface area contributed by atoms with E-state index in [9.17, 15) is 15.0 Å². The average Bonchev–Trinajstić information content (AvgIpc) is 3.39. The first-order valence-electron chi connectivity index (χ1n) is 30.7. The molecule has 2 unspecified atom stereocenters. The molecule has 3 N–H and O–H groups in total. The molecule has 0 aliphatic carbocycles. The first-order valence-corrected chi connectivity index (χ1v) is 30.7. The van der Waals surface area contributed by atoms with Gasteiger partial charge in [-0.1, -0.05) is 302 Å². The van der Waals surface area contributed by atoms with Crippen molar-refractivity contribution in [2.24, 2.45) is 0 Å². The van der Waals surface area contributed by atoms with E-state index in [4.69, 9.17) is 0 Å². The van der Waals surface area contributed by atoms with Gasteiger partial charge in [0.2, 0.25) is 5.91 Å². The number of amides is 1. The van der Waals surface area contributed by atoms with Crippen molar-refractivity contribution in [2.45, 2.75) is 296 Å². The van der Waals surface area contributed by atoms with Crippen molar-refractivity contribution in [2.75, 3.05) is 6.61 Å². The Kier molecular flexibility index (Phi) is 59.3. The van der Waals surface area contributed by atoms with Gasteiger partial charge < -0.3 is 15.5 Å². The summed E-state index contributed by atoms with van der Waals surface area (Å²) < 4.78 is 0. The van der Waals surface area contributed by atoms with Gasteiger partial charge in [0.25, 0.3) is 0 Å². The zero-order valence-electron chi connectivity index (χ0n) is 47.4. The van der Waals surface area contributed by atoms with Crippen LogP contribution in [0.5, 0.6) is 0 Å². The smallest absolute Gasteiger partial charge is 0.220 e. The Hall–Kier alpha value is -3.21. The predicted octanol–water partition coefficient (Wildman–Crippen LogP) is 20.8. The molecule has 0 aliphatic heterocycles. The summed E-state index contributed by atoms with van der Waals surface area (Å²) in [5.41, 5.74) is 0. The van der Waals surface area contributed by atoms with E-state index in [1.165, 1.54) is 180 Å². The number of carbonyl (C=O) groups excluding carboxylic acids is 1. The molecule has 0 radical (unpaired) electrons. The quantitative estimate of drug-likeness (QED) is 0.0420. The Morgan fingerprint density at radius 1 is 0.347 bits per heavy atom. The molecule has 412 valence electrons. The number of hydrogen-bond acceptors (Lipinski definition) is 3. The van der Waals surface area contributed by atoms with Gasteiger partial charge in [-0.15, -0.1) is 0 Å². The average molecular weight is 997 g/mol. The number of hydrogen-bond donors (Lipinski definition) is 3. The minimum atomic E-state index is -0.868. The van der Waals surface area contributed by atoms with Crippen LogP contribution in [-0.4, -0.2) is 34.9 Å². The first kappa shape index (κ1) is 68.8. The monoisotopic (exact) mass is 996 g/mol. The minimum Gasteiger partial charge on any atom is -0.394 e. The molecule has 72 heavy (non-hydrogen) atoms. The predicted molar refractivity (Wildman–Crippen MR) is 322 cm³/mol. The molecule has 4 heteroatoms. The number of aliphatic hydroxyl groups is 2. The summed E-state index contributed by atoms with van der Waals surface area (Å²) in [5, 5.41) is 23.2. The summed E-state index contributed by atoms with van der Waals surface area (Å²) in [6, 6.07) is -0.645. The van der Waals surface area contributed by atoms with Crippen LogP contribution < -0.4 is 5.32 Å². The third kappa shape index (κ3) is 57.7. The lowest BCUT2D eigenvalue weighted by Crippen LogP contribution is -2.45. The minimum absolute atomic E-state index is 0.0752. The van der Waals surface area contributed by atoms with Gasteiger partial charge in [-0.25, -0.2) is 0 Å². The normalized spacial score (nSPS) is 13.7. The van der Waals surface area contributed by atoms with Crippen LogP contribution in [0.3, 0.4) is 0 Å². The highest BCUT2D eigenvalue weighted by Gasteiger charge is 2.18. The van der Waals surface area contributed by atoms with Crippen LogP contribution in [0.4, 0.5) is 0 Å². The van der Waals surface area contributed by atoms with E-state index >= 15 is 0 Å². The largest absolute Gasteiger partial charge is 0.394 e. The fraction of sp³-hybridized carbons (Fsp3) is 0.691. The Balaban J connectivity index is 3.54. The molecule has 0 aliphatic rings. The maximum absolute atomic E-state index is 12.5. The lowest BCUT2D eigenvalue weighted by Gasteiger charge is -2.19. The summed E-state index contributed by atoms with van der Waals surface area (Å²) in [7, 11) is 0. The Morgan fingerprint density at radius 3 is 0.972 bits per heavy atom. The number of allylic oxidation sites excluding steroid dienone is 19. The molecule has 0 heterocycles. The second-order valence-electron chi connectivity index (χ2n) is 20.4. The summed E-state index contributed by atoms with van der Waals surface area (Å²) in [6.45, 7) is 4.19. The van der Waals surface area contributed by atoms with Gasteiger partial charge >= 0.3 is 0 Å². The number of aliphatic hydroxyl groups excluding tert-OH is 2. The van der Waals surface area contributed by atoms with Crippen LogP contribution in [0, 0.1) is 0 Å². The van der Waals surface area contributed by atoms with Crippen LogP contribution in [0.25, 0.3) is 0 Å². The lowest BCUT2D eigenvalue weighted by atomic mass is 10.0. The third-order valence-corrected chi connectivity index (χ3v) is 13.4. The molecular formula is C68H117NO3. The third-order valence-electron chi connectivity index (χ3n) is 13.4. The van der Waals surface area contributed by atoms with Crippen molar-refractivity contribution in [3.63, 3.8) is 0 Å². The van der Waals surface area contributed by atoms with Gasteiger partial charge in [0.1, 0.15) is 0 Å². The molecule has 0 aromatic rings. The molecule has 4 nitrogen and oxygen atoms in total. The van der Waals surface area contributed by atoms with E-state index in [1.54, 1.807) is 6.08 Å². The molecule has 0 aromatic heterocycles. The van der Waals surface area contributed by atoms with Crippen LogP contribution in [-0.2, 0) is 4.79 Å². The van der Waals surface area contributed by atoms with Crippen molar-refractivity contribution in [1.82, 2.24) is 5.32 Å². The maximum atomic E-state index is 12.5. The fourth-order valence-electron chi connectivity index (χ4n) is 8.80. The van der Waals surface area contributed by atoms with Crippen molar-refractivity contribution in [1.29, 1.82) is 0 Å². The highest BCUT2D eigenvalue weighted by atomic mass is 16.3. The second kappa shape index (κ2) is 62.1. The van der Waals surface area contributed by atoms with E-state index in [1.807, 2.05) is 6.08 Å². The van der Waals surface area contributed by atoms with E-state index in [2.05, 4.69) is 129 Å². The summed E-state index contributed by atoms with van der Waals surface area (Å²) >= 11 is 0. The van der Waals surface area contributed by atoms with Crippen molar-refractivity contribution < 1.29 is 15.0 Å². The molecule has 2 atom stereocenters. The standard InChI is InChI=1S/C68H117NO3/c1-3-5-7-9-11-13-15-17-19-21-23-24-25-26-27-28-29-30-31-32-33-34-35-36-37-38-39-40-41-42-43-44-46-48-50-52-54-56-58-60-62-64-68(72)69-66(65-70)67(71)63-61-59-57-55-53-51-49-47-45-22-20-18-16-14-12-10-8-6-4-2/h5,7,11,13,17,19,23-24,26-27,29-30,32-33,35-36,53,55,61,63,66-67,70-71H,3-4,6,8-10,12,14-16,18,20-22,25,28,31,34,37-52,54,56-60,62,64-65H2,1-2H3,(H,69,72)/b7-5-,13-11-,19-17-,24-23-,27-26-,30-29-,33-32-,36-35-,55-53+,63-61+. The molecule has 0 bridgehead atoms. The van der Waals surface area contributed by atoms with Crippen LogP contribution in [0.2, 0.25) is 0 Å². The first-order chi connectivity index (χ1) is 35.7. The van der Waals surface area contributed by atoms with Crippen LogP contribution >= 0.6 is 0 Å². The van der Waals surface area contributed by atoms with Gasteiger partial charge in [-0.2, -0.15) is 0 Å². The summed E-state index contributed by atoms with van der Waals surface area (Å²) in [5.74, 6) is -0.0752. The Bertz CT molecular complexity index is 1410. The molecular weight excluding hydrogens is 879 g/mol. The van der Waals surface area contributed by atoms with E-state index < -0.39 is 12.1 Å². The highest BCUT2D eigenvalue weighted by molar-refractivity contribution is 5.76. The zero-order chi connectivity index (χ0) is 52.0. The fourth-order valence-corrected chi connectivity index (χ4v) is 8.80. The Labute approximate surface area is 448 Å². The molecule has 0 aromatic carbocycles. The van der Waals surface area contributed by atoms with Crippen LogP contribution in [0.15, 0.2) is 122 Å². The number of carbonyl (C=O) groups is 1. The Morgan fingerprint density at radius 2 is 0.625 bits per heavy atom. The molecule has 0 saturated carbocycles. The molecule has 0 rings (SSSR count). The maximum Gasteiger partial charge on any atom is 0.220 e. The van der Waals surface area contributed by atoms with Gasteiger partial charge in [0.15, 0.2) is 0 Å². The number of unbranched alkanes of at least 4 members (excludes halogenated alkanes) is 30. The summed E-state index contributed by atoms with van der Waals surface area (Å²) in [4.78, 5) is 12.5. The van der Waals surface area contributed by atoms with Crippen molar-refractivity contribution >= 4 is 5.91 Å². The van der Waals surface area contributed by atoms with Crippen molar-refractivity contribution in [3.05, 3.63) is 122 Å². The molecule has 0 saturated heterocycles. The SMILES string of the molecule is CC/C=C\C/C=C\C/C=C\C/C=C\C/C=C\C/C=C\C/C=C\C/C=C\CCCCCCCCCCCCCCCCCCC(=O)NC(CO)C(O)/C=C/CC/C=C/CCCCCCCCCCCCCCC. The molecule has 0 fully saturated rings. The number of nitrogens with one attached hydrogen (secondary N) is 1. The topological polar surface area (TPSA) is 69.6 Å². The molecule has 0 spiro atoms. The van der Waals surface area contributed by atoms with Gasteiger partial charge in [0, 0.05) is 6.42 Å². The second-order valence-corrected chi connectivity index (χ2v) is 20.4. The lowest BCUT2D eigenvalue weighted by molar-refractivity contribution is -0.123. The number of rotatable bonds is 55. The summed E-state index contributed by atoms with van der Waals surface area (Å²) in [6.07, 6.45) is 95.2. The van der Waals surface area contributed by atoms with Gasteiger partial charge in [-0.3, -0.25) is 4.79 Å². The van der Waals surface area contributed by atoms with E-state index in [0.29, 0.717) is 6.42 Å². The van der Waals surface area contributed by atoms with Crippen molar-refractivity contribution in [3.8, 4) is 0 Å². The zero-order valence-corrected chi connectivity index (χ0v) is 47.4.